The van der Waals surface area contributed by atoms with Gasteiger partial charge in [-0.1, -0.05) is 42.5 Å². The second-order valence-electron chi connectivity index (χ2n) is 5.22. The van der Waals surface area contributed by atoms with Crippen LogP contribution in [0.2, 0.25) is 0 Å². The molecule has 0 radical (unpaired) electrons. The van der Waals surface area contributed by atoms with Gasteiger partial charge >= 0.3 is 5.97 Å². The second kappa shape index (κ2) is 8.13. The van der Waals surface area contributed by atoms with E-state index in [1.807, 2.05) is 42.5 Å². The van der Waals surface area contributed by atoms with E-state index in [0.29, 0.717) is 24.8 Å². The van der Waals surface area contributed by atoms with E-state index in [1.165, 1.54) is 12.7 Å². The van der Waals surface area contributed by atoms with Gasteiger partial charge in [0.1, 0.15) is 5.78 Å². The summed E-state index contributed by atoms with van der Waals surface area (Å²) < 4.78 is 4.70. The molecule has 2 aromatic rings. The molecule has 0 saturated heterocycles. The van der Waals surface area contributed by atoms with Gasteiger partial charge in [0.05, 0.1) is 12.7 Å². The number of methoxy groups -OCH3 is 1. The van der Waals surface area contributed by atoms with Crippen molar-refractivity contribution in [2.45, 2.75) is 25.7 Å². The Balaban J connectivity index is 1.82. The molecule has 114 valence electrons. The predicted octanol–water partition coefficient (Wildman–Crippen LogP) is 3.61. The molecule has 0 spiro atoms. The van der Waals surface area contributed by atoms with Crippen LogP contribution in [0.15, 0.2) is 54.6 Å². The van der Waals surface area contributed by atoms with E-state index < -0.39 is 0 Å². The number of carbonyl (C=O) groups excluding carboxylic acids is 2. The summed E-state index contributed by atoms with van der Waals surface area (Å²) in [4.78, 5) is 23.4. The molecule has 0 N–H and O–H groups in total. The average Bonchev–Trinajstić information content (AvgIpc) is 2.58. The molecule has 0 aliphatic rings. The number of hydrogen-bond acceptors (Lipinski definition) is 3. The van der Waals surface area contributed by atoms with Crippen LogP contribution in [0, 0.1) is 0 Å². The third-order valence-corrected chi connectivity index (χ3v) is 3.58. The van der Waals surface area contributed by atoms with E-state index in [4.69, 9.17) is 4.74 Å². The van der Waals surface area contributed by atoms with E-state index in [9.17, 15) is 9.59 Å². The highest BCUT2D eigenvalue weighted by Gasteiger charge is 2.07. The van der Waals surface area contributed by atoms with Crippen LogP contribution in [0.4, 0.5) is 0 Å². The van der Waals surface area contributed by atoms with Crippen molar-refractivity contribution in [2.24, 2.45) is 0 Å². The Bertz CT molecular complexity index is 632. The lowest BCUT2D eigenvalue weighted by Gasteiger charge is -2.04. The third-order valence-electron chi connectivity index (χ3n) is 3.58. The van der Waals surface area contributed by atoms with E-state index in [1.54, 1.807) is 12.1 Å². The minimum atomic E-state index is -0.350. The number of esters is 1. The Hall–Kier alpha value is -2.42. The lowest BCUT2D eigenvalue weighted by molar-refractivity contribution is -0.119. The van der Waals surface area contributed by atoms with Gasteiger partial charge in [0, 0.05) is 12.8 Å². The van der Waals surface area contributed by atoms with Gasteiger partial charge in [0.2, 0.25) is 0 Å². The number of aryl methyl sites for hydroxylation is 2. The van der Waals surface area contributed by atoms with Crippen molar-refractivity contribution in [3.63, 3.8) is 0 Å². The molecule has 0 heterocycles. The average molecular weight is 296 g/mol. The van der Waals surface area contributed by atoms with E-state index in [2.05, 4.69) is 0 Å². The van der Waals surface area contributed by atoms with E-state index >= 15 is 0 Å². The lowest BCUT2D eigenvalue weighted by Crippen LogP contribution is -2.04. The summed E-state index contributed by atoms with van der Waals surface area (Å²) in [7, 11) is 1.36. The monoisotopic (exact) mass is 296 g/mol. The number of ketones is 1. The van der Waals surface area contributed by atoms with Gasteiger partial charge in [0.25, 0.3) is 0 Å². The largest absolute Gasteiger partial charge is 0.465 e. The highest BCUT2D eigenvalue weighted by Crippen LogP contribution is 2.11. The maximum absolute atomic E-state index is 12.0. The maximum atomic E-state index is 12.0. The van der Waals surface area contributed by atoms with Crippen molar-refractivity contribution in [3.05, 3.63) is 71.3 Å². The molecule has 22 heavy (non-hydrogen) atoms. The van der Waals surface area contributed by atoms with Crippen LogP contribution >= 0.6 is 0 Å². The fourth-order valence-electron chi connectivity index (χ4n) is 2.31. The Morgan fingerprint density at radius 2 is 1.50 bits per heavy atom. The number of ether oxygens (including phenoxy) is 1. The topological polar surface area (TPSA) is 43.4 Å². The number of benzene rings is 2. The first kappa shape index (κ1) is 16.0. The van der Waals surface area contributed by atoms with Crippen LogP contribution in [0.5, 0.6) is 0 Å². The van der Waals surface area contributed by atoms with Gasteiger partial charge < -0.3 is 4.74 Å². The summed E-state index contributed by atoms with van der Waals surface area (Å²) in [6, 6.07) is 17.3. The predicted molar refractivity (Wildman–Crippen MR) is 85.9 cm³/mol. The molecule has 0 atom stereocenters. The summed E-state index contributed by atoms with van der Waals surface area (Å²) in [5, 5.41) is 0. The van der Waals surface area contributed by atoms with Crippen LogP contribution in [0.25, 0.3) is 0 Å². The normalized spacial score (nSPS) is 10.2. The number of rotatable bonds is 7. The van der Waals surface area contributed by atoms with Gasteiger partial charge in [-0.15, -0.1) is 0 Å². The summed E-state index contributed by atoms with van der Waals surface area (Å²) in [5.74, 6) is -0.107. The van der Waals surface area contributed by atoms with Crippen molar-refractivity contribution in [3.8, 4) is 0 Å². The van der Waals surface area contributed by atoms with Crippen molar-refractivity contribution in [1.29, 1.82) is 0 Å². The van der Waals surface area contributed by atoms with Crippen molar-refractivity contribution >= 4 is 11.8 Å². The van der Waals surface area contributed by atoms with Gasteiger partial charge in [-0.2, -0.15) is 0 Å². The fraction of sp³-hybridized carbons (Fsp3) is 0.263. The summed E-state index contributed by atoms with van der Waals surface area (Å²) >= 11 is 0. The van der Waals surface area contributed by atoms with Gasteiger partial charge in [0.15, 0.2) is 0 Å². The molecular formula is C19H20O3. The number of Topliss-reactive ketones (excluding diaryl/α,β-unsaturated/α-hetero) is 1. The Kier molecular flexibility index (Phi) is 5.90. The summed E-state index contributed by atoms with van der Waals surface area (Å²) in [6.07, 6.45) is 2.48. The molecule has 0 aromatic heterocycles. The molecule has 0 fully saturated rings. The molecule has 0 unspecified atom stereocenters. The van der Waals surface area contributed by atoms with Gasteiger partial charge in [-0.3, -0.25) is 4.79 Å². The van der Waals surface area contributed by atoms with Crippen LogP contribution < -0.4 is 0 Å². The van der Waals surface area contributed by atoms with Crippen LogP contribution in [-0.4, -0.2) is 18.9 Å². The minimum Gasteiger partial charge on any atom is -0.465 e. The minimum absolute atomic E-state index is 0.243. The molecular weight excluding hydrogens is 276 g/mol. The molecule has 0 bridgehead atoms. The smallest absolute Gasteiger partial charge is 0.337 e. The van der Waals surface area contributed by atoms with Crippen LogP contribution in [-0.2, 0) is 22.4 Å². The van der Waals surface area contributed by atoms with E-state index in [0.717, 1.165) is 12.0 Å². The fourth-order valence-corrected chi connectivity index (χ4v) is 2.31. The highest BCUT2D eigenvalue weighted by atomic mass is 16.5. The standard InChI is InChI=1S/C19H20O3/c1-22-19(21)17-9-5-8-16(14-17)11-13-18(20)12-10-15-6-3-2-4-7-15/h2-9,14H,10-13H2,1H3. The SMILES string of the molecule is COC(=O)c1cccc(CCC(=O)CCc2ccccc2)c1. The van der Waals surface area contributed by atoms with Crippen molar-refractivity contribution in [1.82, 2.24) is 0 Å². The third kappa shape index (κ3) is 4.85. The molecule has 0 aliphatic heterocycles. The molecule has 3 heteroatoms. The first-order chi connectivity index (χ1) is 10.7. The lowest BCUT2D eigenvalue weighted by atomic mass is 10.0. The van der Waals surface area contributed by atoms with Crippen molar-refractivity contribution < 1.29 is 14.3 Å². The van der Waals surface area contributed by atoms with Crippen molar-refractivity contribution in [2.75, 3.05) is 7.11 Å². The Morgan fingerprint density at radius 1 is 0.864 bits per heavy atom. The zero-order valence-electron chi connectivity index (χ0n) is 12.7. The Labute approximate surface area is 130 Å². The molecule has 0 amide bonds. The van der Waals surface area contributed by atoms with Gasteiger partial charge in [-0.05, 0) is 36.1 Å². The molecule has 2 rings (SSSR count). The maximum Gasteiger partial charge on any atom is 0.337 e. The highest BCUT2D eigenvalue weighted by molar-refractivity contribution is 5.89. The summed E-state index contributed by atoms with van der Waals surface area (Å²) in [6.45, 7) is 0. The molecule has 3 nitrogen and oxygen atoms in total. The Morgan fingerprint density at radius 3 is 2.18 bits per heavy atom. The first-order valence-electron chi connectivity index (χ1n) is 7.42. The van der Waals surface area contributed by atoms with Gasteiger partial charge in [-0.25, -0.2) is 4.79 Å². The molecule has 0 saturated carbocycles. The summed E-state index contributed by atoms with van der Waals surface area (Å²) in [5.41, 5.74) is 2.69. The van der Waals surface area contributed by atoms with E-state index in [-0.39, 0.29) is 11.8 Å². The van der Waals surface area contributed by atoms with Crippen LogP contribution in [0.1, 0.15) is 34.3 Å². The number of carbonyl (C=O) groups is 2. The zero-order chi connectivity index (χ0) is 15.8. The quantitative estimate of drug-likeness (QED) is 0.733. The molecule has 0 aliphatic carbocycles. The first-order valence-corrected chi connectivity index (χ1v) is 7.42. The zero-order valence-corrected chi connectivity index (χ0v) is 12.7. The molecule has 2 aromatic carbocycles. The van der Waals surface area contributed by atoms with Crippen LogP contribution in [0.3, 0.4) is 0 Å². The second-order valence-corrected chi connectivity index (χ2v) is 5.22. The number of hydrogen-bond donors (Lipinski definition) is 0.